The van der Waals surface area contributed by atoms with Gasteiger partial charge in [-0.05, 0) is 51.0 Å². The van der Waals surface area contributed by atoms with Crippen LogP contribution in [0.15, 0.2) is 42.7 Å². The quantitative estimate of drug-likeness (QED) is 0.621. The monoisotopic (exact) mass is 441 g/mol. The summed E-state index contributed by atoms with van der Waals surface area (Å²) in [4.78, 5) is 37.9. The summed E-state index contributed by atoms with van der Waals surface area (Å²) >= 11 is 0. The second kappa shape index (κ2) is 10.4. The van der Waals surface area contributed by atoms with E-state index in [1.807, 2.05) is 4.90 Å². The zero-order valence-corrected chi connectivity index (χ0v) is 18.8. The van der Waals surface area contributed by atoms with E-state index in [-0.39, 0.29) is 18.2 Å². The predicted molar refractivity (Wildman–Crippen MR) is 120 cm³/mol. The molecule has 0 aliphatic carbocycles. The van der Waals surface area contributed by atoms with E-state index in [0.29, 0.717) is 38.5 Å². The lowest BCUT2D eigenvalue weighted by atomic mass is 10.0. The van der Waals surface area contributed by atoms with Crippen LogP contribution < -0.4 is 10.2 Å². The van der Waals surface area contributed by atoms with Gasteiger partial charge in [-0.2, -0.15) is 0 Å². The number of carbonyl (C=O) groups excluding carboxylic acids is 2. The van der Waals surface area contributed by atoms with Gasteiger partial charge in [0.1, 0.15) is 11.4 Å². The van der Waals surface area contributed by atoms with Crippen LogP contribution in [0.25, 0.3) is 0 Å². The van der Waals surface area contributed by atoms with Crippen LogP contribution in [0.2, 0.25) is 0 Å². The minimum absolute atomic E-state index is 0.0659. The lowest BCUT2D eigenvalue weighted by molar-refractivity contribution is -0.153. The highest BCUT2D eigenvalue weighted by Gasteiger charge is 2.29. The number of rotatable bonds is 7. The highest BCUT2D eigenvalue weighted by Crippen LogP contribution is 2.15. The average Bonchev–Trinajstić information content (AvgIpc) is 2.77. The van der Waals surface area contributed by atoms with Crippen molar-refractivity contribution in [2.75, 3.05) is 37.6 Å². The van der Waals surface area contributed by atoms with E-state index in [1.165, 1.54) is 0 Å². The van der Waals surface area contributed by atoms with Crippen molar-refractivity contribution in [3.05, 3.63) is 48.3 Å². The Kier molecular flexibility index (Phi) is 7.63. The van der Waals surface area contributed by atoms with E-state index in [0.717, 1.165) is 5.56 Å². The van der Waals surface area contributed by atoms with E-state index >= 15 is 0 Å². The van der Waals surface area contributed by atoms with E-state index in [9.17, 15) is 14.7 Å². The highest BCUT2D eigenvalue weighted by atomic mass is 16.6. The first-order valence-electron chi connectivity index (χ1n) is 10.8. The van der Waals surface area contributed by atoms with Crippen LogP contribution in [0.3, 0.4) is 0 Å². The number of aromatic hydroxyl groups is 1. The molecule has 1 amide bonds. The SMILES string of the molecule is CC(C)(C)OC(=O)CNC(Cc1ccc(O)cc1)C(=O)N1CCN(c2ncccn2)CC1. The van der Waals surface area contributed by atoms with Gasteiger partial charge in [-0.1, -0.05) is 12.1 Å². The van der Waals surface area contributed by atoms with Gasteiger partial charge >= 0.3 is 5.97 Å². The Morgan fingerprint density at radius 1 is 1.09 bits per heavy atom. The Bertz CT molecular complexity index is 891. The molecule has 1 aromatic carbocycles. The molecule has 2 heterocycles. The number of ether oxygens (including phenoxy) is 1. The molecule has 1 fully saturated rings. The number of hydrogen-bond acceptors (Lipinski definition) is 8. The van der Waals surface area contributed by atoms with Crippen molar-refractivity contribution in [2.45, 2.75) is 38.8 Å². The van der Waals surface area contributed by atoms with Crippen molar-refractivity contribution in [3.8, 4) is 5.75 Å². The fourth-order valence-corrected chi connectivity index (χ4v) is 3.50. The van der Waals surface area contributed by atoms with E-state index in [4.69, 9.17) is 4.74 Å². The van der Waals surface area contributed by atoms with E-state index in [1.54, 1.807) is 68.4 Å². The van der Waals surface area contributed by atoms with Crippen LogP contribution >= 0.6 is 0 Å². The number of carbonyl (C=O) groups is 2. The Morgan fingerprint density at radius 2 is 1.72 bits per heavy atom. The summed E-state index contributed by atoms with van der Waals surface area (Å²) < 4.78 is 5.36. The molecule has 2 aromatic rings. The van der Waals surface area contributed by atoms with Crippen molar-refractivity contribution >= 4 is 17.8 Å². The number of phenolic OH excluding ortho intramolecular Hbond substituents is 1. The number of anilines is 1. The van der Waals surface area contributed by atoms with Crippen LogP contribution in [0.4, 0.5) is 5.95 Å². The summed E-state index contributed by atoms with van der Waals surface area (Å²) in [6.07, 6.45) is 3.80. The summed E-state index contributed by atoms with van der Waals surface area (Å²) in [5, 5.41) is 12.6. The summed E-state index contributed by atoms with van der Waals surface area (Å²) in [5.41, 5.74) is 0.291. The largest absolute Gasteiger partial charge is 0.508 e. The third-order valence-electron chi connectivity index (χ3n) is 5.01. The Balaban J connectivity index is 1.64. The first-order valence-corrected chi connectivity index (χ1v) is 10.8. The number of nitrogens with one attached hydrogen (secondary N) is 1. The highest BCUT2D eigenvalue weighted by molar-refractivity contribution is 5.83. The molecule has 172 valence electrons. The molecule has 2 N–H and O–H groups in total. The second-order valence-corrected chi connectivity index (χ2v) is 8.75. The molecular formula is C23H31N5O4. The zero-order valence-electron chi connectivity index (χ0n) is 18.8. The van der Waals surface area contributed by atoms with Crippen LogP contribution in [0.5, 0.6) is 5.75 Å². The molecular weight excluding hydrogens is 410 g/mol. The number of aromatic nitrogens is 2. The molecule has 9 nitrogen and oxygen atoms in total. The fraction of sp³-hybridized carbons (Fsp3) is 0.478. The Hall–Kier alpha value is -3.20. The second-order valence-electron chi connectivity index (χ2n) is 8.75. The number of piperazine rings is 1. The molecule has 1 aromatic heterocycles. The van der Waals surface area contributed by atoms with E-state index < -0.39 is 17.6 Å². The summed E-state index contributed by atoms with van der Waals surface area (Å²) in [6, 6.07) is 7.90. The maximum Gasteiger partial charge on any atom is 0.320 e. The van der Waals surface area contributed by atoms with Gasteiger partial charge in [0.2, 0.25) is 11.9 Å². The molecule has 0 spiro atoms. The van der Waals surface area contributed by atoms with Gasteiger partial charge in [0.05, 0.1) is 12.6 Å². The van der Waals surface area contributed by atoms with Gasteiger partial charge in [0, 0.05) is 38.6 Å². The summed E-state index contributed by atoms with van der Waals surface area (Å²) in [5.74, 6) is 0.336. The number of hydrogen-bond donors (Lipinski definition) is 2. The van der Waals surface area contributed by atoms with E-state index in [2.05, 4.69) is 15.3 Å². The Morgan fingerprint density at radius 3 is 2.31 bits per heavy atom. The lowest BCUT2D eigenvalue weighted by Crippen LogP contribution is -2.55. The predicted octanol–water partition coefficient (Wildman–Crippen LogP) is 1.37. The standard InChI is InChI=1S/C23H31N5O4/c1-23(2,3)32-20(30)16-26-19(15-17-5-7-18(29)8-6-17)21(31)27-11-13-28(14-12-27)22-24-9-4-10-25-22/h4-10,19,26,29H,11-16H2,1-3H3. The molecule has 1 atom stereocenters. The van der Waals surface area contributed by atoms with Crippen LogP contribution in [-0.4, -0.2) is 76.2 Å². The number of amides is 1. The topological polar surface area (TPSA) is 108 Å². The minimum atomic E-state index is -0.592. The summed E-state index contributed by atoms with van der Waals surface area (Å²) in [6.45, 7) is 7.69. The van der Waals surface area contributed by atoms with Gasteiger partial charge in [-0.3, -0.25) is 14.9 Å². The van der Waals surface area contributed by atoms with Crippen molar-refractivity contribution in [2.24, 2.45) is 0 Å². The van der Waals surface area contributed by atoms with Crippen molar-refractivity contribution < 1.29 is 19.4 Å². The maximum atomic E-state index is 13.3. The van der Waals surface area contributed by atoms with Crippen LogP contribution in [-0.2, 0) is 20.7 Å². The molecule has 0 saturated carbocycles. The number of esters is 1. The minimum Gasteiger partial charge on any atom is -0.508 e. The third kappa shape index (κ3) is 6.91. The Labute approximate surface area is 188 Å². The molecule has 1 unspecified atom stereocenters. The first kappa shape index (κ1) is 23.5. The smallest absolute Gasteiger partial charge is 0.320 e. The number of benzene rings is 1. The number of phenols is 1. The lowest BCUT2D eigenvalue weighted by Gasteiger charge is -2.36. The maximum absolute atomic E-state index is 13.3. The van der Waals surface area contributed by atoms with Crippen LogP contribution in [0.1, 0.15) is 26.3 Å². The molecule has 1 aliphatic heterocycles. The van der Waals surface area contributed by atoms with Gasteiger partial charge in [-0.15, -0.1) is 0 Å². The fourth-order valence-electron chi connectivity index (χ4n) is 3.50. The molecule has 1 saturated heterocycles. The van der Waals surface area contributed by atoms with Gasteiger partial charge in [-0.25, -0.2) is 9.97 Å². The molecule has 9 heteroatoms. The first-order chi connectivity index (χ1) is 15.2. The molecule has 32 heavy (non-hydrogen) atoms. The molecule has 0 radical (unpaired) electrons. The molecule has 1 aliphatic rings. The molecule has 0 bridgehead atoms. The third-order valence-corrected chi connectivity index (χ3v) is 5.01. The van der Waals surface area contributed by atoms with Crippen molar-refractivity contribution in [3.63, 3.8) is 0 Å². The summed E-state index contributed by atoms with van der Waals surface area (Å²) in [7, 11) is 0. The van der Waals surface area contributed by atoms with Gasteiger partial charge < -0.3 is 19.6 Å². The van der Waals surface area contributed by atoms with Crippen LogP contribution in [0, 0.1) is 0 Å². The normalized spacial score (nSPS) is 15.3. The van der Waals surface area contributed by atoms with Gasteiger partial charge in [0.15, 0.2) is 0 Å². The zero-order chi connectivity index (χ0) is 23.1. The average molecular weight is 442 g/mol. The van der Waals surface area contributed by atoms with Crippen molar-refractivity contribution in [1.29, 1.82) is 0 Å². The molecule has 3 rings (SSSR count). The van der Waals surface area contributed by atoms with Crippen molar-refractivity contribution in [1.82, 2.24) is 20.2 Å². The van der Waals surface area contributed by atoms with Gasteiger partial charge in [0.25, 0.3) is 0 Å². The number of nitrogens with zero attached hydrogens (tertiary/aromatic N) is 4.